The average Bonchev–Trinajstić information content (AvgIpc) is 3.21. The van der Waals surface area contributed by atoms with E-state index >= 15 is 0 Å². The zero-order valence-electron chi connectivity index (χ0n) is 15.6. The molecule has 6 heteroatoms. The van der Waals surface area contributed by atoms with Gasteiger partial charge >= 0.3 is 5.97 Å². The average molecular weight is 385 g/mol. The van der Waals surface area contributed by atoms with E-state index in [1.807, 2.05) is 60.7 Å². The number of carbonyl (C=O) groups excluding carboxylic acids is 2. The number of ether oxygens (including phenoxy) is 1. The molecule has 0 aliphatic heterocycles. The Morgan fingerprint density at radius 2 is 1.66 bits per heavy atom. The molecule has 0 saturated heterocycles. The summed E-state index contributed by atoms with van der Waals surface area (Å²) < 4.78 is 5.13. The van der Waals surface area contributed by atoms with E-state index in [0.29, 0.717) is 12.1 Å². The molecule has 0 saturated carbocycles. The zero-order valence-corrected chi connectivity index (χ0v) is 15.6. The van der Waals surface area contributed by atoms with Crippen molar-refractivity contribution in [3.63, 3.8) is 0 Å². The number of hydrogen-bond donors (Lipinski definition) is 2. The van der Waals surface area contributed by atoms with Gasteiger partial charge in [-0.1, -0.05) is 60.7 Å². The Morgan fingerprint density at radius 3 is 2.41 bits per heavy atom. The zero-order chi connectivity index (χ0) is 20.1. The lowest BCUT2D eigenvalue weighted by Crippen LogP contribution is -2.28. The lowest BCUT2D eigenvalue weighted by atomic mass is 10.2. The van der Waals surface area contributed by atoms with Crippen LogP contribution < -0.4 is 5.32 Å². The summed E-state index contributed by atoms with van der Waals surface area (Å²) in [5.74, 6) is -0.180. The van der Waals surface area contributed by atoms with E-state index in [2.05, 4.69) is 15.3 Å². The summed E-state index contributed by atoms with van der Waals surface area (Å²) in [4.78, 5) is 32.0. The summed E-state index contributed by atoms with van der Waals surface area (Å²) in [6.07, 6.45) is 0. The molecular formula is C23H19N3O3. The molecule has 3 aromatic carbocycles. The quantitative estimate of drug-likeness (QED) is 0.496. The number of amides is 1. The van der Waals surface area contributed by atoms with Crippen LogP contribution in [0.25, 0.3) is 22.4 Å². The van der Waals surface area contributed by atoms with E-state index in [0.717, 1.165) is 28.0 Å². The Morgan fingerprint density at radius 1 is 0.931 bits per heavy atom. The van der Waals surface area contributed by atoms with Crippen molar-refractivity contribution in [2.75, 3.05) is 6.61 Å². The normalized spacial score (nSPS) is 10.6. The van der Waals surface area contributed by atoms with Gasteiger partial charge in [0.2, 0.25) is 0 Å². The van der Waals surface area contributed by atoms with Crippen molar-refractivity contribution >= 4 is 22.9 Å². The minimum atomic E-state index is -0.558. The molecule has 0 fully saturated rings. The van der Waals surface area contributed by atoms with Crippen LogP contribution in [-0.2, 0) is 16.1 Å². The number of esters is 1. The summed E-state index contributed by atoms with van der Waals surface area (Å²) in [7, 11) is 0. The molecule has 0 spiro atoms. The van der Waals surface area contributed by atoms with Gasteiger partial charge in [0.25, 0.3) is 5.91 Å². The smallest absolute Gasteiger partial charge is 0.338 e. The predicted octanol–water partition coefficient (Wildman–Crippen LogP) is 3.70. The summed E-state index contributed by atoms with van der Waals surface area (Å²) >= 11 is 0. The van der Waals surface area contributed by atoms with Gasteiger partial charge in [0, 0.05) is 12.1 Å². The Labute approximate surface area is 167 Å². The van der Waals surface area contributed by atoms with E-state index in [1.165, 1.54) is 0 Å². The van der Waals surface area contributed by atoms with Crippen molar-refractivity contribution in [3.05, 3.63) is 90.0 Å². The Balaban J connectivity index is 1.37. The number of rotatable bonds is 6. The van der Waals surface area contributed by atoms with Gasteiger partial charge in [-0.25, -0.2) is 9.78 Å². The number of imidazole rings is 1. The molecule has 1 amide bonds. The molecular weight excluding hydrogens is 366 g/mol. The Kier molecular flexibility index (Phi) is 5.33. The number of nitrogens with zero attached hydrogens (tertiary/aromatic N) is 1. The number of carbonyl (C=O) groups is 2. The van der Waals surface area contributed by atoms with Gasteiger partial charge in [0.15, 0.2) is 6.61 Å². The van der Waals surface area contributed by atoms with Crippen LogP contribution in [0.2, 0.25) is 0 Å². The van der Waals surface area contributed by atoms with Gasteiger partial charge < -0.3 is 15.0 Å². The fourth-order valence-corrected chi connectivity index (χ4v) is 2.93. The first-order valence-electron chi connectivity index (χ1n) is 9.22. The van der Waals surface area contributed by atoms with Crippen LogP contribution in [0.3, 0.4) is 0 Å². The third-order valence-electron chi connectivity index (χ3n) is 4.43. The van der Waals surface area contributed by atoms with Gasteiger partial charge in [0.1, 0.15) is 5.82 Å². The van der Waals surface area contributed by atoms with Crippen molar-refractivity contribution in [1.82, 2.24) is 15.3 Å². The van der Waals surface area contributed by atoms with Crippen molar-refractivity contribution in [2.45, 2.75) is 6.54 Å². The second kappa shape index (κ2) is 8.39. The first kappa shape index (κ1) is 18.4. The molecule has 6 nitrogen and oxygen atoms in total. The second-order valence-electron chi connectivity index (χ2n) is 6.52. The predicted molar refractivity (Wildman–Crippen MR) is 110 cm³/mol. The highest BCUT2D eigenvalue weighted by atomic mass is 16.5. The molecule has 0 radical (unpaired) electrons. The van der Waals surface area contributed by atoms with Crippen molar-refractivity contribution in [2.24, 2.45) is 0 Å². The van der Waals surface area contributed by atoms with Crippen LogP contribution >= 0.6 is 0 Å². The SMILES string of the molecule is O=C(COC(=O)c1ccc2nc(-c3ccccc3)[nH]c2c1)NCc1ccccc1. The standard InChI is InChI=1S/C23H19N3O3/c27-21(24-14-16-7-3-1-4-8-16)15-29-23(28)18-11-12-19-20(13-18)26-22(25-19)17-9-5-2-6-10-17/h1-13H,14-15H2,(H,24,27)(H,25,26). The third kappa shape index (κ3) is 4.50. The summed E-state index contributed by atoms with van der Waals surface area (Å²) in [5.41, 5.74) is 3.78. The molecule has 1 aromatic heterocycles. The third-order valence-corrected chi connectivity index (χ3v) is 4.43. The first-order chi connectivity index (χ1) is 14.2. The molecule has 29 heavy (non-hydrogen) atoms. The minimum Gasteiger partial charge on any atom is -0.452 e. The van der Waals surface area contributed by atoms with Crippen LogP contribution in [0, 0.1) is 0 Å². The van der Waals surface area contributed by atoms with Crippen molar-refractivity contribution in [1.29, 1.82) is 0 Å². The number of benzene rings is 3. The second-order valence-corrected chi connectivity index (χ2v) is 6.52. The molecule has 4 aromatic rings. The number of fused-ring (bicyclic) bond motifs is 1. The molecule has 0 bridgehead atoms. The maximum Gasteiger partial charge on any atom is 0.338 e. The molecule has 0 unspecified atom stereocenters. The molecule has 0 atom stereocenters. The maximum absolute atomic E-state index is 12.3. The summed E-state index contributed by atoms with van der Waals surface area (Å²) in [6, 6.07) is 24.3. The van der Waals surface area contributed by atoms with E-state index in [9.17, 15) is 9.59 Å². The van der Waals surface area contributed by atoms with Gasteiger partial charge in [0.05, 0.1) is 16.6 Å². The number of nitrogens with one attached hydrogen (secondary N) is 2. The van der Waals surface area contributed by atoms with E-state index in [-0.39, 0.29) is 12.5 Å². The van der Waals surface area contributed by atoms with Crippen LogP contribution in [0.15, 0.2) is 78.9 Å². The van der Waals surface area contributed by atoms with Crippen LogP contribution in [0.5, 0.6) is 0 Å². The molecule has 0 aliphatic carbocycles. The lowest BCUT2D eigenvalue weighted by molar-refractivity contribution is -0.124. The Hall–Kier alpha value is -3.93. The number of aromatic amines is 1. The first-order valence-corrected chi connectivity index (χ1v) is 9.22. The van der Waals surface area contributed by atoms with Crippen molar-refractivity contribution in [3.8, 4) is 11.4 Å². The van der Waals surface area contributed by atoms with Gasteiger partial charge in [-0.2, -0.15) is 0 Å². The van der Waals surface area contributed by atoms with E-state index in [1.54, 1.807) is 18.2 Å². The largest absolute Gasteiger partial charge is 0.452 e. The van der Waals surface area contributed by atoms with Gasteiger partial charge in [-0.05, 0) is 23.8 Å². The fourth-order valence-electron chi connectivity index (χ4n) is 2.93. The van der Waals surface area contributed by atoms with Crippen LogP contribution in [-0.4, -0.2) is 28.5 Å². The van der Waals surface area contributed by atoms with Gasteiger partial charge in [-0.15, -0.1) is 0 Å². The molecule has 4 rings (SSSR count). The number of H-pyrrole nitrogens is 1. The highest BCUT2D eigenvalue weighted by Crippen LogP contribution is 2.21. The highest BCUT2D eigenvalue weighted by molar-refractivity contribution is 5.95. The minimum absolute atomic E-state index is 0.331. The Bertz CT molecular complexity index is 1140. The fraction of sp³-hybridized carbons (Fsp3) is 0.0870. The van der Waals surface area contributed by atoms with Gasteiger partial charge in [-0.3, -0.25) is 4.79 Å². The van der Waals surface area contributed by atoms with E-state index in [4.69, 9.17) is 4.74 Å². The highest BCUT2D eigenvalue weighted by Gasteiger charge is 2.13. The molecule has 1 heterocycles. The lowest BCUT2D eigenvalue weighted by Gasteiger charge is -2.07. The molecule has 2 N–H and O–H groups in total. The number of aromatic nitrogens is 2. The topological polar surface area (TPSA) is 84.1 Å². The molecule has 0 aliphatic rings. The summed E-state index contributed by atoms with van der Waals surface area (Å²) in [5, 5.41) is 2.72. The van der Waals surface area contributed by atoms with E-state index < -0.39 is 5.97 Å². The monoisotopic (exact) mass is 385 g/mol. The van der Waals surface area contributed by atoms with Crippen molar-refractivity contribution < 1.29 is 14.3 Å². The number of hydrogen-bond acceptors (Lipinski definition) is 4. The van der Waals surface area contributed by atoms with Crippen LogP contribution in [0.4, 0.5) is 0 Å². The van der Waals surface area contributed by atoms with Crippen LogP contribution in [0.1, 0.15) is 15.9 Å². The maximum atomic E-state index is 12.3. The molecule has 144 valence electrons. The summed E-state index contributed by atoms with van der Waals surface area (Å²) in [6.45, 7) is 0.0571.